The molecular formula is C27H36F2N4O4. The maximum Gasteiger partial charge on any atom is 0.410 e. The molecule has 3 rings (SSSR count). The molecule has 37 heavy (non-hydrogen) atoms. The molecule has 0 unspecified atom stereocenters. The third-order valence-electron chi connectivity index (χ3n) is 6.34. The minimum atomic E-state index is -1.04. The predicted octanol–water partition coefficient (Wildman–Crippen LogP) is 4.81. The third-order valence-corrected chi connectivity index (χ3v) is 6.34. The van der Waals surface area contributed by atoms with Gasteiger partial charge in [-0.3, -0.25) is 9.59 Å². The molecule has 1 aliphatic rings. The van der Waals surface area contributed by atoms with Crippen LogP contribution in [0.4, 0.5) is 13.6 Å². The van der Waals surface area contributed by atoms with Crippen molar-refractivity contribution in [3.63, 3.8) is 0 Å². The summed E-state index contributed by atoms with van der Waals surface area (Å²) in [4.78, 5) is 40.7. The van der Waals surface area contributed by atoms with Crippen LogP contribution in [0, 0.1) is 23.0 Å². The molecule has 0 aliphatic carbocycles. The molecule has 0 radical (unpaired) electrons. The molecule has 1 aliphatic heterocycles. The zero-order valence-electron chi connectivity index (χ0n) is 22.6. The number of Topliss-reactive ketones (excluding diaryl/α,β-unsaturated/α-hetero) is 1. The number of halogens is 2. The Labute approximate surface area is 216 Å². The second-order valence-electron chi connectivity index (χ2n) is 11.4. The van der Waals surface area contributed by atoms with Gasteiger partial charge in [-0.15, -0.1) is 0 Å². The number of amides is 2. The Morgan fingerprint density at radius 3 is 2.35 bits per heavy atom. The van der Waals surface area contributed by atoms with Crippen LogP contribution in [0.15, 0.2) is 18.2 Å². The van der Waals surface area contributed by atoms with Crippen molar-refractivity contribution in [2.75, 3.05) is 13.6 Å². The maximum atomic E-state index is 14.1. The normalized spacial score (nSPS) is 15.0. The smallest absolute Gasteiger partial charge is 0.410 e. The van der Waals surface area contributed by atoms with E-state index < -0.39 is 34.7 Å². The second-order valence-corrected chi connectivity index (χ2v) is 11.4. The Morgan fingerprint density at radius 1 is 1.11 bits per heavy atom. The van der Waals surface area contributed by atoms with Crippen LogP contribution < -0.4 is 5.32 Å². The van der Waals surface area contributed by atoms with Crippen molar-refractivity contribution in [2.24, 2.45) is 11.3 Å². The largest absolute Gasteiger partial charge is 0.444 e. The number of ketones is 1. The number of benzene rings is 1. The van der Waals surface area contributed by atoms with Crippen molar-refractivity contribution in [1.29, 1.82) is 0 Å². The molecule has 0 bridgehead atoms. The Bertz CT molecular complexity index is 1190. The zero-order chi connectivity index (χ0) is 27.7. The van der Waals surface area contributed by atoms with Crippen molar-refractivity contribution in [3.05, 3.63) is 46.8 Å². The number of carbonyl (C=O) groups is 3. The lowest BCUT2D eigenvalue weighted by Gasteiger charge is -2.28. The van der Waals surface area contributed by atoms with Gasteiger partial charge in [-0.05, 0) is 51.2 Å². The van der Waals surface area contributed by atoms with Crippen molar-refractivity contribution < 1.29 is 27.9 Å². The maximum absolute atomic E-state index is 14.1. The van der Waals surface area contributed by atoms with Gasteiger partial charge in [0.15, 0.2) is 17.4 Å². The summed E-state index contributed by atoms with van der Waals surface area (Å²) < 4.78 is 34.7. The lowest BCUT2D eigenvalue weighted by molar-refractivity contribution is -0.127. The number of hydrogen-bond donors (Lipinski definition) is 1. The number of fused-ring (bicyclic) bond motifs is 1. The molecule has 0 saturated carbocycles. The predicted molar refractivity (Wildman–Crippen MR) is 134 cm³/mol. The Balaban J connectivity index is 2.10. The van der Waals surface area contributed by atoms with Gasteiger partial charge in [0, 0.05) is 31.6 Å². The number of nitrogens with one attached hydrogen (secondary N) is 1. The van der Waals surface area contributed by atoms with E-state index in [2.05, 4.69) is 10.4 Å². The first-order chi connectivity index (χ1) is 17.1. The summed E-state index contributed by atoms with van der Waals surface area (Å²) in [6, 6.07) is 3.42. The van der Waals surface area contributed by atoms with Crippen LogP contribution in [0.1, 0.15) is 76.1 Å². The summed E-state index contributed by atoms with van der Waals surface area (Å²) in [6.07, 6.45) is 0.387. The minimum absolute atomic E-state index is 0.0646. The highest BCUT2D eigenvalue weighted by Crippen LogP contribution is 2.33. The average molecular weight is 519 g/mol. The lowest BCUT2D eigenvalue weighted by atomic mass is 9.77. The van der Waals surface area contributed by atoms with Gasteiger partial charge in [0.1, 0.15) is 11.3 Å². The van der Waals surface area contributed by atoms with Crippen molar-refractivity contribution in [1.82, 2.24) is 20.0 Å². The molecule has 1 aromatic carbocycles. The number of hydrogen-bond acceptors (Lipinski definition) is 5. The number of carbonyl (C=O) groups excluding carboxylic acids is 3. The summed E-state index contributed by atoms with van der Waals surface area (Å²) in [5.41, 5.74) is 0.314. The Kier molecular flexibility index (Phi) is 8.09. The van der Waals surface area contributed by atoms with E-state index in [-0.39, 0.29) is 36.0 Å². The van der Waals surface area contributed by atoms with E-state index in [1.807, 2.05) is 20.8 Å². The number of aromatic nitrogens is 2. The van der Waals surface area contributed by atoms with Gasteiger partial charge in [-0.2, -0.15) is 5.10 Å². The first kappa shape index (κ1) is 28.3. The van der Waals surface area contributed by atoms with E-state index >= 15 is 0 Å². The quantitative estimate of drug-likeness (QED) is 0.573. The Hall–Kier alpha value is -3.30. The lowest BCUT2D eigenvalue weighted by Crippen LogP contribution is -2.38. The molecular weight excluding hydrogens is 482 g/mol. The van der Waals surface area contributed by atoms with Crippen LogP contribution in [0.3, 0.4) is 0 Å². The summed E-state index contributed by atoms with van der Waals surface area (Å²) in [7, 11) is 1.52. The first-order valence-corrected chi connectivity index (χ1v) is 12.4. The van der Waals surface area contributed by atoms with Crippen LogP contribution in [-0.4, -0.2) is 51.7 Å². The first-order valence-electron chi connectivity index (χ1n) is 12.4. The van der Waals surface area contributed by atoms with Gasteiger partial charge in [0.2, 0.25) is 5.91 Å². The molecule has 1 atom stereocenters. The molecule has 2 amide bonds. The van der Waals surface area contributed by atoms with Crippen LogP contribution in [0.5, 0.6) is 0 Å². The summed E-state index contributed by atoms with van der Waals surface area (Å²) in [5.74, 6) is -3.28. The molecule has 1 N–H and O–H groups in total. The van der Waals surface area contributed by atoms with E-state index in [0.717, 1.165) is 12.1 Å². The zero-order valence-corrected chi connectivity index (χ0v) is 22.6. The molecule has 0 spiro atoms. The highest BCUT2D eigenvalue weighted by Gasteiger charge is 2.36. The summed E-state index contributed by atoms with van der Waals surface area (Å²) in [5, 5.41) is 7.15. The number of rotatable bonds is 5. The van der Waals surface area contributed by atoms with Gasteiger partial charge in [0.25, 0.3) is 0 Å². The highest BCUT2D eigenvalue weighted by atomic mass is 19.2. The van der Waals surface area contributed by atoms with Gasteiger partial charge >= 0.3 is 6.09 Å². The molecule has 0 saturated heterocycles. The standard InChI is InChI=1S/C27H36F2N4O4/c1-26(2,3)18(24(35)30-7)14-22(34)23-17-15-32(25(36)37-27(4,5)6)12-8-9-21(17)33(31-23)16-10-11-19(28)20(29)13-16/h10-11,13,18H,8-9,12,14-15H2,1-7H3,(H,30,35)/t18-/m1/s1. The Morgan fingerprint density at radius 2 is 1.78 bits per heavy atom. The minimum Gasteiger partial charge on any atom is -0.444 e. The number of ether oxygens (including phenoxy) is 1. The van der Waals surface area contributed by atoms with E-state index in [9.17, 15) is 23.2 Å². The van der Waals surface area contributed by atoms with E-state index in [1.54, 1.807) is 20.8 Å². The number of nitrogens with zero attached hydrogens (tertiary/aromatic N) is 3. The van der Waals surface area contributed by atoms with Crippen molar-refractivity contribution in [3.8, 4) is 5.69 Å². The molecule has 8 nitrogen and oxygen atoms in total. The average Bonchev–Trinajstić information content (AvgIpc) is 2.99. The van der Waals surface area contributed by atoms with Crippen molar-refractivity contribution in [2.45, 2.75) is 73.0 Å². The fourth-order valence-electron chi connectivity index (χ4n) is 4.40. The molecule has 1 aromatic heterocycles. The summed E-state index contributed by atoms with van der Waals surface area (Å²) in [6.45, 7) is 11.4. The van der Waals surface area contributed by atoms with Crippen LogP contribution >= 0.6 is 0 Å². The van der Waals surface area contributed by atoms with E-state index in [4.69, 9.17) is 4.74 Å². The molecule has 2 aromatic rings. The van der Waals surface area contributed by atoms with Crippen LogP contribution in [0.2, 0.25) is 0 Å². The fraction of sp³-hybridized carbons (Fsp3) is 0.556. The van der Waals surface area contributed by atoms with Gasteiger partial charge in [-0.1, -0.05) is 20.8 Å². The van der Waals surface area contributed by atoms with E-state index in [0.29, 0.717) is 30.6 Å². The molecule has 0 fully saturated rings. The van der Waals surface area contributed by atoms with Gasteiger partial charge in [-0.25, -0.2) is 18.3 Å². The SMILES string of the molecule is CNC(=O)[C@@H](CC(=O)c1nn(-c2ccc(F)c(F)c2)c2c1CN(C(=O)OC(C)(C)C)CCC2)C(C)(C)C. The monoisotopic (exact) mass is 518 g/mol. The fourth-order valence-corrected chi connectivity index (χ4v) is 4.40. The van der Waals surface area contributed by atoms with Crippen LogP contribution in [-0.2, 0) is 22.5 Å². The summed E-state index contributed by atoms with van der Waals surface area (Å²) >= 11 is 0. The van der Waals surface area contributed by atoms with Gasteiger partial charge in [0.05, 0.1) is 23.8 Å². The molecule has 10 heteroatoms. The van der Waals surface area contributed by atoms with E-state index in [1.165, 1.54) is 22.7 Å². The molecule has 2 heterocycles. The second kappa shape index (κ2) is 10.6. The van der Waals surface area contributed by atoms with Crippen molar-refractivity contribution >= 4 is 17.8 Å². The van der Waals surface area contributed by atoms with Crippen LogP contribution in [0.25, 0.3) is 5.69 Å². The topological polar surface area (TPSA) is 93.5 Å². The third kappa shape index (κ3) is 6.53. The molecule has 202 valence electrons. The van der Waals surface area contributed by atoms with Gasteiger partial charge < -0.3 is 15.0 Å². The highest BCUT2D eigenvalue weighted by molar-refractivity contribution is 5.98.